The highest BCUT2D eigenvalue weighted by Crippen LogP contribution is 2.20. The van der Waals surface area contributed by atoms with Gasteiger partial charge in [-0.05, 0) is 13.8 Å². The molecule has 6 nitrogen and oxygen atoms in total. The summed E-state index contributed by atoms with van der Waals surface area (Å²) in [6, 6.07) is -0.963. The van der Waals surface area contributed by atoms with Gasteiger partial charge in [0.2, 0.25) is 5.91 Å². The van der Waals surface area contributed by atoms with E-state index in [-0.39, 0.29) is 6.61 Å². The van der Waals surface area contributed by atoms with Crippen molar-refractivity contribution < 1.29 is 23.9 Å². The maximum atomic E-state index is 11.5. The van der Waals surface area contributed by atoms with Crippen molar-refractivity contribution in [3.05, 3.63) is 0 Å². The molecule has 0 radical (unpaired) electrons. The largest absolute Gasteiger partial charge is 0.464 e. The third-order valence-corrected chi connectivity index (χ3v) is 2.07. The molecule has 6 heteroatoms. The predicted molar refractivity (Wildman–Crippen MR) is 48.9 cm³/mol. The molecule has 1 rings (SSSR count). The average Bonchev–Trinajstić information content (AvgIpc) is 2.41. The Morgan fingerprint density at radius 1 is 1.53 bits per heavy atom. The zero-order valence-electron chi connectivity index (χ0n) is 8.85. The highest BCUT2D eigenvalue weighted by Gasteiger charge is 2.47. The molecule has 0 aromatic heterocycles. The van der Waals surface area contributed by atoms with E-state index in [1.807, 2.05) is 0 Å². The molecule has 0 saturated carbocycles. The first-order valence-electron chi connectivity index (χ1n) is 4.66. The second-order valence-electron chi connectivity index (χ2n) is 3.17. The fraction of sp³-hybridized carbons (Fsp3) is 0.667. The number of cyclic esters (lactones) is 1. The monoisotopic (exact) mass is 215 g/mol. The van der Waals surface area contributed by atoms with Gasteiger partial charge in [0.05, 0.1) is 6.61 Å². The normalized spacial score (nSPS) is 25.0. The third kappa shape index (κ3) is 2.08. The van der Waals surface area contributed by atoms with Gasteiger partial charge in [0.25, 0.3) is 0 Å². The quantitative estimate of drug-likeness (QED) is 0.619. The number of hydrogen-bond acceptors (Lipinski definition) is 5. The number of carbonyl (C=O) groups is 3. The Hall–Kier alpha value is -1.59. The Morgan fingerprint density at radius 3 is 2.60 bits per heavy atom. The molecule has 1 heterocycles. The van der Waals surface area contributed by atoms with Crippen LogP contribution in [0.3, 0.4) is 0 Å². The molecule has 0 spiro atoms. The van der Waals surface area contributed by atoms with Crippen LogP contribution in [0.2, 0.25) is 0 Å². The topological polar surface area (TPSA) is 72.9 Å². The van der Waals surface area contributed by atoms with Crippen LogP contribution in [-0.4, -0.2) is 41.6 Å². The summed E-state index contributed by atoms with van der Waals surface area (Å²) < 4.78 is 9.54. The first-order valence-corrected chi connectivity index (χ1v) is 4.66. The molecule has 0 bridgehead atoms. The molecule has 1 saturated heterocycles. The van der Waals surface area contributed by atoms with Crippen molar-refractivity contribution in [2.45, 2.75) is 32.9 Å². The number of amides is 2. The molecule has 0 aliphatic carbocycles. The lowest BCUT2D eigenvalue weighted by molar-refractivity contribution is -0.152. The summed E-state index contributed by atoms with van der Waals surface area (Å²) in [6.07, 6.45) is -1.46. The molecule has 1 aliphatic rings. The third-order valence-electron chi connectivity index (χ3n) is 2.07. The van der Waals surface area contributed by atoms with Crippen molar-refractivity contribution >= 4 is 18.0 Å². The minimum atomic E-state index is -0.963. The van der Waals surface area contributed by atoms with Crippen LogP contribution >= 0.6 is 0 Å². The second kappa shape index (κ2) is 4.29. The van der Waals surface area contributed by atoms with Crippen molar-refractivity contribution in [1.82, 2.24) is 4.90 Å². The van der Waals surface area contributed by atoms with Crippen LogP contribution in [0, 0.1) is 0 Å². The number of carbonyl (C=O) groups excluding carboxylic acids is 3. The molecule has 1 aliphatic heterocycles. The van der Waals surface area contributed by atoms with Crippen LogP contribution in [0.15, 0.2) is 0 Å². The highest BCUT2D eigenvalue weighted by atomic mass is 16.6. The molecule has 0 aromatic carbocycles. The number of imide groups is 1. The maximum Gasteiger partial charge on any atom is 0.417 e. The van der Waals surface area contributed by atoms with E-state index in [0.29, 0.717) is 0 Å². The fourth-order valence-corrected chi connectivity index (χ4v) is 1.45. The zero-order chi connectivity index (χ0) is 11.6. The molecule has 84 valence electrons. The summed E-state index contributed by atoms with van der Waals surface area (Å²) in [5, 5.41) is 0. The lowest BCUT2D eigenvalue weighted by atomic mass is 10.2. The van der Waals surface area contributed by atoms with Crippen LogP contribution in [0.1, 0.15) is 20.8 Å². The number of hydrogen-bond donors (Lipinski definition) is 0. The Kier molecular flexibility index (Phi) is 3.28. The molecular weight excluding hydrogens is 202 g/mol. The van der Waals surface area contributed by atoms with Gasteiger partial charge in [-0.25, -0.2) is 14.5 Å². The standard InChI is InChI=1S/C9H13NO5/c1-4-14-8(12)7-5(2)15-9(13)10(7)6(3)11/h5,7H,4H2,1-3H3/t5-,7-/m1/s1. The van der Waals surface area contributed by atoms with E-state index in [2.05, 4.69) is 0 Å². The van der Waals surface area contributed by atoms with Crippen molar-refractivity contribution in [3.63, 3.8) is 0 Å². The lowest BCUT2D eigenvalue weighted by Gasteiger charge is -2.18. The van der Waals surface area contributed by atoms with E-state index in [4.69, 9.17) is 9.47 Å². The Balaban J connectivity index is 2.88. The van der Waals surface area contributed by atoms with E-state index < -0.39 is 30.1 Å². The van der Waals surface area contributed by atoms with Crippen LogP contribution < -0.4 is 0 Å². The predicted octanol–water partition coefficient (Wildman–Crippen LogP) is 0.305. The molecule has 15 heavy (non-hydrogen) atoms. The summed E-state index contributed by atoms with van der Waals surface area (Å²) in [5.74, 6) is -1.14. The van der Waals surface area contributed by atoms with E-state index in [1.165, 1.54) is 6.92 Å². The molecule has 0 unspecified atom stereocenters. The van der Waals surface area contributed by atoms with E-state index in [9.17, 15) is 14.4 Å². The first-order chi connectivity index (χ1) is 6.99. The van der Waals surface area contributed by atoms with E-state index >= 15 is 0 Å². The maximum absolute atomic E-state index is 11.5. The fourth-order valence-electron chi connectivity index (χ4n) is 1.45. The van der Waals surface area contributed by atoms with Crippen LogP contribution in [0.4, 0.5) is 4.79 Å². The van der Waals surface area contributed by atoms with Gasteiger partial charge in [0, 0.05) is 6.92 Å². The van der Waals surface area contributed by atoms with E-state index in [0.717, 1.165) is 4.90 Å². The van der Waals surface area contributed by atoms with Gasteiger partial charge in [-0.2, -0.15) is 0 Å². The smallest absolute Gasteiger partial charge is 0.417 e. The summed E-state index contributed by atoms with van der Waals surface area (Å²) in [6.45, 7) is 4.59. The average molecular weight is 215 g/mol. The van der Waals surface area contributed by atoms with Crippen molar-refractivity contribution in [2.75, 3.05) is 6.61 Å². The molecule has 0 N–H and O–H groups in total. The summed E-state index contributed by atoms with van der Waals surface area (Å²) in [5.41, 5.74) is 0. The zero-order valence-corrected chi connectivity index (χ0v) is 8.85. The SMILES string of the molecule is CCOC(=O)[C@H]1[C@@H](C)OC(=O)N1C(C)=O. The molecule has 0 aromatic rings. The minimum absolute atomic E-state index is 0.196. The number of rotatable bonds is 2. The summed E-state index contributed by atoms with van der Waals surface area (Å²) in [7, 11) is 0. The van der Waals surface area contributed by atoms with Crippen LogP contribution in [0.25, 0.3) is 0 Å². The van der Waals surface area contributed by atoms with Crippen molar-refractivity contribution in [1.29, 1.82) is 0 Å². The molecule has 2 atom stereocenters. The molecule has 1 fully saturated rings. The molecular formula is C9H13NO5. The number of nitrogens with zero attached hydrogens (tertiary/aromatic N) is 1. The Bertz CT molecular complexity index is 301. The van der Waals surface area contributed by atoms with Gasteiger partial charge in [-0.1, -0.05) is 0 Å². The highest BCUT2D eigenvalue weighted by molar-refractivity contribution is 5.98. The number of ether oxygens (including phenoxy) is 2. The van der Waals surface area contributed by atoms with Gasteiger partial charge >= 0.3 is 12.1 Å². The molecule has 2 amide bonds. The summed E-state index contributed by atoms with van der Waals surface area (Å²) >= 11 is 0. The Morgan fingerprint density at radius 2 is 2.13 bits per heavy atom. The van der Waals surface area contributed by atoms with Gasteiger partial charge in [-0.3, -0.25) is 4.79 Å². The van der Waals surface area contributed by atoms with Crippen molar-refractivity contribution in [2.24, 2.45) is 0 Å². The van der Waals surface area contributed by atoms with Gasteiger partial charge in [0.1, 0.15) is 6.10 Å². The Labute approximate surface area is 87.1 Å². The van der Waals surface area contributed by atoms with Crippen LogP contribution in [-0.2, 0) is 19.1 Å². The summed E-state index contributed by atoms with van der Waals surface area (Å²) in [4.78, 5) is 34.6. The van der Waals surface area contributed by atoms with Gasteiger partial charge in [0.15, 0.2) is 6.04 Å². The van der Waals surface area contributed by atoms with Gasteiger partial charge in [-0.15, -0.1) is 0 Å². The van der Waals surface area contributed by atoms with Crippen LogP contribution in [0.5, 0.6) is 0 Å². The first kappa shape index (κ1) is 11.5. The van der Waals surface area contributed by atoms with Crippen molar-refractivity contribution in [3.8, 4) is 0 Å². The second-order valence-corrected chi connectivity index (χ2v) is 3.17. The van der Waals surface area contributed by atoms with E-state index in [1.54, 1.807) is 13.8 Å². The van der Waals surface area contributed by atoms with Gasteiger partial charge < -0.3 is 9.47 Å². The minimum Gasteiger partial charge on any atom is -0.464 e. The number of esters is 1. The lowest BCUT2D eigenvalue weighted by Crippen LogP contribution is -2.45.